The van der Waals surface area contributed by atoms with E-state index in [0.717, 1.165) is 25.2 Å². The van der Waals surface area contributed by atoms with Crippen molar-refractivity contribution in [3.8, 4) is 0 Å². The van der Waals surface area contributed by atoms with Crippen LogP contribution in [0.25, 0.3) is 0 Å². The van der Waals surface area contributed by atoms with Gasteiger partial charge in [0.15, 0.2) is 0 Å². The van der Waals surface area contributed by atoms with E-state index in [0.29, 0.717) is 0 Å². The molecule has 0 spiro atoms. The van der Waals surface area contributed by atoms with Crippen molar-refractivity contribution in [2.24, 2.45) is 0 Å². The molecular formula is C16H30N2O. The summed E-state index contributed by atoms with van der Waals surface area (Å²) in [5, 5.41) is 3.63. The van der Waals surface area contributed by atoms with E-state index in [2.05, 4.69) is 17.3 Å². The normalized spacial score (nSPS) is 30.5. The predicted molar refractivity (Wildman–Crippen MR) is 78.4 cm³/mol. The molecule has 1 atom stereocenters. The van der Waals surface area contributed by atoms with Crippen molar-refractivity contribution >= 4 is 0 Å². The number of ether oxygens (including phenoxy) is 1. The summed E-state index contributed by atoms with van der Waals surface area (Å²) in [5.41, 5.74) is 0.249. The highest BCUT2D eigenvalue weighted by Gasteiger charge is 2.38. The second-order valence-electron chi connectivity index (χ2n) is 6.93. The van der Waals surface area contributed by atoms with Crippen molar-refractivity contribution in [2.75, 3.05) is 26.7 Å². The van der Waals surface area contributed by atoms with E-state index >= 15 is 0 Å². The van der Waals surface area contributed by atoms with E-state index in [4.69, 9.17) is 4.74 Å². The first kappa shape index (κ1) is 13.8. The predicted octanol–water partition coefficient (Wildman–Crippen LogP) is 2.55. The highest BCUT2D eigenvalue weighted by molar-refractivity contribution is 4.92. The molecule has 19 heavy (non-hydrogen) atoms. The Morgan fingerprint density at radius 2 is 2.05 bits per heavy atom. The van der Waals surface area contributed by atoms with Crippen LogP contribution in [0.1, 0.15) is 57.8 Å². The van der Waals surface area contributed by atoms with Crippen LogP contribution in [0.3, 0.4) is 0 Å². The van der Waals surface area contributed by atoms with Crippen LogP contribution in [0.5, 0.6) is 0 Å². The fraction of sp³-hybridized carbons (Fsp3) is 1.00. The van der Waals surface area contributed by atoms with Gasteiger partial charge in [0, 0.05) is 18.7 Å². The van der Waals surface area contributed by atoms with Crippen LogP contribution >= 0.6 is 0 Å². The Bertz CT molecular complexity index is 286. The molecule has 0 aromatic rings. The second kappa shape index (κ2) is 6.11. The van der Waals surface area contributed by atoms with Gasteiger partial charge in [-0.25, -0.2) is 0 Å². The lowest BCUT2D eigenvalue weighted by Crippen LogP contribution is -2.43. The number of nitrogens with one attached hydrogen (secondary N) is 1. The molecular weight excluding hydrogens is 236 g/mol. The van der Waals surface area contributed by atoms with E-state index in [1.165, 1.54) is 64.3 Å². The van der Waals surface area contributed by atoms with Gasteiger partial charge >= 0.3 is 0 Å². The molecule has 3 heteroatoms. The maximum absolute atomic E-state index is 6.31. The number of hydrogen-bond acceptors (Lipinski definition) is 3. The molecule has 3 rings (SSSR count). The van der Waals surface area contributed by atoms with Gasteiger partial charge < -0.3 is 15.0 Å². The first-order valence-corrected chi connectivity index (χ1v) is 8.35. The summed E-state index contributed by atoms with van der Waals surface area (Å²) in [4.78, 5) is 2.51. The molecule has 0 aromatic carbocycles. The van der Waals surface area contributed by atoms with E-state index in [9.17, 15) is 0 Å². The quantitative estimate of drug-likeness (QED) is 0.731. The Balaban J connectivity index is 1.34. The van der Waals surface area contributed by atoms with E-state index in [1.54, 1.807) is 0 Å². The van der Waals surface area contributed by atoms with Crippen LogP contribution < -0.4 is 5.32 Å². The van der Waals surface area contributed by atoms with Crippen molar-refractivity contribution in [1.29, 1.82) is 0 Å². The average molecular weight is 266 g/mol. The van der Waals surface area contributed by atoms with Crippen LogP contribution in [-0.4, -0.2) is 49.3 Å². The Hall–Kier alpha value is -0.120. The third kappa shape index (κ3) is 3.71. The van der Waals surface area contributed by atoms with Gasteiger partial charge in [-0.05, 0) is 77.9 Å². The minimum atomic E-state index is 0.249. The fourth-order valence-corrected chi connectivity index (χ4v) is 3.58. The Morgan fingerprint density at radius 1 is 1.21 bits per heavy atom. The summed E-state index contributed by atoms with van der Waals surface area (Å²) in [5.74, 6) is 0. The van der Waals surface area contributed by atoms with Crippen LogP contribution in [0.2, 0.25) is 0 Å². The van der Waals surface area contributed by atoms with Gasteiger partial charge in [0.2, 0.25) is 0 Å². The average Bonchev–Trinajstić information content (AvgIpc) is 3.09. The molecule has 1 N–H and O–H groups in total. The summed E-state index contributed by atoms with van der Waals surface area (Å²) in [6.45, 7) is 3.41. The number of likely N-dealkylation sites (tertiary alicyclic amines) is 1. The summed E-state index contributed by atoms with van der Waals surface area (Å²) in [7, 11) is 2.26. The van der Waals surface area contributed by atoms with Gasteiger partial charge in [0.1, 0.15) is 0 Å². The largest absolute Gasteiger partial charge is 0.375 e. The van der Waals surface area contributed by atoms with Crippen molar-refractivity contribution in [1.82, 2.24) is 10.2 Å². The maximum atomic E-state index is 6.31. The zero-order chi connectivity index (χ0) is 13.1. The summed E-state index contributed by atoms with van der Waals surface area (Å²) < 4.78 is 6.31. The van der Waals surface area contributed by atoms with Crippen LogP contribution in [0.15, 0.2) is 0 Å². The molecule has 0 aromatic heterocycles. The van der Waals surface area contributed by atoms with Gasteiger partial charge in [0.05, 0.1) is 5.60 Å². The van der Waals surface area contributed by atoms with Gasteiger partial charge in [-0.2, -0.15) is 0 Å². The van der Waals surface area contributed by atoms with Crippen LogP contribution in [-0.2, 0) is 4.74 Å². The van der Waals surface area contributed by atoms with Gasteiger partial charge in [-0.15, -0.1) is 0 Å². The second-order valence-corrected chi connectivity index (χ2v) is 6.93. The third-order valence-corrected chi connectivity index (χ3v) is 5.39. The van der Waals surface area contributed by atoms with E-state index < -0.39 is 0 Å². The molecule has 3 aliphatic rings. The molecule has 0 amide bonds. The third-order valence-electron chi connectivity index (χ3n) is 5.39. The van der Waals surface area contributed by atoms with Crippen LogP contribution in [0, 0.1) is 0 Å². The number of nitrogens with zero attached hydrogens (tertiary/aromatic N) is 1. The maximum Gasteiger partial charge on any atom is 0.0694 e. The Morgan fingerprint density at radius 3 is 2.63 bits per heavy atom. The minimum Gasteiger partial charge on any atom is -0.375 e. The van der Waals surface area contributed by atoms with Gasteiger partial charge in [0.25, 0.3) is 0 Å². The zero-order valence-corrected chi connectivity index (χ0v) is 12.5. The molecule has 1 unspecified atom stereocenters. The van der Waals surface area contributed by atoms with E-state index in [1.807, 2.05) is 0 Å². The smallest absolute Gasteiger partial charge is 0.0694 e. The summed E-state index contributed by atoms with van der Waals surface area (Å²) in [6, 6.07) is 1.62. The molecule has 0 radical (unpaired) electrons. The molecule has 1 aliphatic heterocycles. The highest BCUT2D eigenvalue weighted by Crippen LogP contribution is 2.39. The van der Waals surface area contributed by atoms with Crippen LogP contribution in [0.4, 0.5) is 0 Å². The first-order chi connectivity index (χ1) is 9.27. The molecule has 1 saturated heterocycles. The summed E-state index contributed by atoms with van der Waals surface area (Å²) >= 11 is 0. The molecule has 2 aliphatic carbocycles. The zero-order valence-electron chi connectivity index (χ0n) is 12.5. The molecule has 3 nitrogen and oxygen atoms in total. The molecule has 110 valence electrons. The highest BCUT2D eigenvalue weighted by atomic mass is 16.5. The molecule has 3 fully saturated rings. The lowest BCUT2D eigenvalue weighted by Gasteiger charge is -2.42. The monoisotopic (exact) mass is 266 g/mol. The minimum absolute atomic E-state index is 0.249. The standard InChI is InChI=1S/C16H30N2O/c1-18-12-2-4-15(18)7-13-19-16(8-3-9-16)10-11-17-14-5-6-14/h14-15,17H,2-13H2,1H3. The molecule has 1 heterocycles. The fourth-order valence-electron chi connectivity index (χ4n) is 3.58. The van der Waals surface area contributed by atoms with Gasteiger partial charge in [-0.3, -0.25) is 0 Å². The SMILES string of the molecule is CN1CCCC1CCOC1(CCNC2CC2)CCC1. The lowest BCUT2D eigenvalue weighted by atomic mass is 9.77. The number of rotatable bonds is 8. The molecule has 2 saturated carbocycles. The lowest BCUT2D eigenvalue weighted by molar-refractivity contribution is -0.107. The topological polar surface area (TPSA) is 24.5 Å². The van der Waals surface area contributed by atoms with E-state index in [-0.39, 0.29) is 5.60 Å². The van der Waals surface area contributed by atoms with Gasteiger partial charge in [-0.1, -0.05) is 0 Å². The summed E-state index contributed by atoms with van der Waals surface area (Å²) in [6.07, 6.45) is 11.9. The van der Waals surface area contributed by atoms with Crippen molar-refractivity contribution in [3.63, 3.8) is 0 Å². The van der Waals surface area contributed by atoms with Crippen molar-refractivity contribution in [2.45, 2.75) is 75.5 Å². The first-order valence-electron chi connectivity index (χ1n) is 8.35. The molecule has 0 bridgehead atoms. The van der Waals surface area contributed by atoms with Crippen molar-refractivity contribution in [3.05, 3.63) is 0 Å². The Labute approximate surface area is 118 Å². The van der Waals surface area contributed by atoms with Crippen molar-refractivity contribution < 1.29 is 4.74 Å². The number of hydrogen-bond donors (Lipinski definition) is 1. The Kier molecular flexibility index (Phi) is 4.45.